The maximum Gasteiger partial charge on any atom is 0.240 e. The number of rotatable bonds is 9. The topological polar surface area (TPSA) is 66.0 Å². The molecule has 0 aliphatic carbocycles. The third-order valence-corrected chi connectivity index (χ3v) is 5.53. The highest BCUT2D eigenvalue weighted by Gasteiger charge is 2.20. The fraction of sp³-hybridized carbons (Fsp3) is 0.240. The lowest BCUT2D eigenvalue weighted by Gasteiger charge is -2.12. The molecule has 0 spiro atoms. The Kier molecular flexibility index (Phi) is 7.19. The maximum absolute atomic E-state index is 13.4. The standard InChI is InChI=1S/C25H24ClFN4O2/c1-17-15-31(16-28-17)22-11-5-18(14-23(22)32-2)6-12-24-29-30-25(33-24)21(4-3-13-26)19-7-9-20(27)10-8-19/h5-12,14-16,21H,3-4,13H2,1-2H3. The Hall–Kier alpha value is -3.45. The third kappa shape index (κ3) is 5.49. The zero-order valence-electron chi connectivity index (χ0n) is 18.4. The average molecular weight is 467 g/mol. The molecular weight excluding hydrogens is 443 g/mol. The van der Waals surface area contributed by atoms with Gasteiger partial charge in [0.2, 0.25) is 11.8 Å². The second kappa shape index (κ2) is 10.4. The van der Waals surface area contributed by atoms with E-state index in [9.17, 15) is 4.39 Å². The monoisotopic (exact) mass is 466 g/mol. The van der Waals surface area contributed by atoms with Crippen LogP contribution in [0.15, 0.2) is 59.4 Å². The first-order valence-corrected chi connectivity index (χ1v) is 11.1. The summed E-state index contributed by atoms with van der Waals surface area (Å²) < 4.78 is 26.7. The molecule has 0 aliphatic rings. The predicted molar refractivity (Wildman–Crippen MR) is 126 cm³/mol. The molecule has 0 radical (unpaired) electrons. The number of methoxy groups -OCH3 is 1. The molecule has 0 amide bonds. The minimum atomic E-state index is -0.284. The van der Waals surface area contributed by atoms with Crippen molar-refractivity contribution in [2.24, 2.45) is 0 Å². The quantitative estimate of drug-likeness (QED) is 0.282. The van der Waals surface area contributed by atoms with E-state index >= 15 is 0 Å². The van der Waals surface area contributed by atoms with E-state index in [-0.39, 0.29) is 11.7 Å². The van der Waals surface area contributed by atoms with Crippen molar-refractivity contribution in [1.29, 1.82) is 0 Å². The molecule has 170 valence electrons. The number of imidazole rings is 1. The van der Waals surface area contributed by atoms with E-state index in [2.05, 4.69) is 15.2 Å². The van der Waals surface area contributed by atoms with Crippen LogP contribution in [0.4, 0.5) is 4.39 Å². The number of ether oxygens (including phenoxy) is 1. The fourth-order valence-corrected chi connectivity index (χ4v) is 3.75. The number of hydrogen-bond donors (Lipinski definition) is 0. The van der Waals surface area contributed by atoms with Crippen LogP contribution in [0.5, 0.6) is 5.75 Å². The predicted octanol–water partition coefficient (Wildman–Crippen LogP) is 6.03. The number of nitrogens with zero attached hydrogens (tertiary/aromatic N) is 4. The van der Waals surface area contributed by atoms with Crippen molar-refractivity contribution in [3.05, 3.63) is 89.4 Å². The normalized spacial score (nSPS) is 12.4. The summed E-state index contributed by atoms with van der Waals surface area (Å²) in [6, 6.07) is 12.2. The van der Waals surface area contributed by atoms with Crippen LogP contribution in [-0.4, -0.2) is 32.7 Å². The summed E-state index contributed by atoms with van der Waals surface area (Å²) in [5.74, 6) is 1.68. The Bertz CT molecular complexity index is 1230. The summed E-state index contributed by atoms with van der Waals surface area (Å²) in [5, 5.41) is 8.39. The minimum absolute atomic E-state index is 0.142. The van der Waals surface area contributed by atoms with Gasteiger partial charge < -0.3 is 13.7 Å². The summed E-state index contributed by atoms with van der Waals surface area (Å²) in [6.45, 7) is 1.94. The largest absolute Gasteiger partial charge is 0.495 e. The summed E-state index contributed by atoms with van der Waals surface area (Å²) in [5.41, 5.74) is 3.66. The maximum atomic E-state index is 13.4. The van der Waals surface area contributed by atoms with Crippen molar-refractivity contribution in [3.63, 3.8) is 0 Å². The fourth-order valence-electron chi connectivity index (χ4n) is 3.60. The Morgan fingerprint density at radius 3 is 2.67 bits per heavy atom. The van der Waals surface area contributed by atoms with Gasteiger partial charge in [-0.15, -0.1) is 21.8 Å². The van der Waals surface area contributed by atoms with Gasteiger partial charge >= 0.3 is 0 Å². The van der Waals surface area contributed by atoms with Crippen LogP contribution in [0, 0.1) is 12.7 Å². The molecule has 0 fully saturated rings. The van der Waals surface area contributed by atoms with Crippen molar-refractivity contribution < 1.29 is 13.5 Å². The van der Waals surface area contributed by atoms with Crippen molar-refractivity contribution in [2.75, 3.05) is 13.0 Å². The van der Waals surface area contributed by atoms with Gasteiger partial charge in [0.05, 0.1) is 30.7 Å². The highest BCUT2D eigenvalue weighted by atomic mass is 35.5. The van der Waals surface area contributed by atoms with Crippen LogP contribution < -0.4 is 4.74 Å². The molecule has 0 aliphatic heterocycles. The highest BCUT2D eigenvalue weighted by molar-refractivity contribution is 6.17. The molecule has 4 rings (SSSR count). The molecule has 2 aromatic carbocycles. The zero-order valence-corrected chi connectivity index (χ0v) is 19.2. The van der Waals surface area contributed by atoms with Crippen LogP contribution >= 0.6 is 11.6 Å². The smallest absolute Gasteiger partial charge is 0.240 e. The Balaban J connectivity index is 1.54. The molecule has 2 aromatic heterocycles. The molecular formula is C25H24ClFN4O2. The lowest BCUT2D eigenvalue weighted by molar-refractivity contribution is 0.413. The van der Waals surface area contributed by atoms with Crippen molar-refractivity contribution in [3.8, 4) is 11.4 Å². The lowest BCUT2D eigenvalue weighted by Crippen LogP contribution is -2.02. The van der Waals surface area contributed by atoms with E-state index in [1.165, 1.54) is 12.1 Å². The van der Waals surface area contributed by atoms with E-state index in [1.807, 2.05) is 42.0 Å². The summed E-state index contributed by atoms with van der Waals surface area (Å²) in [4.78, 5) is 4.27. The number of alkyl halides is 1. The van der Waals surface area contributed by atoms with Gasteiger partial charge in [-0.3, -0.25) is 0 Å². The van der Waals surface area contributed by atoms with Gasteiger partial charge in [-0.2, -0.15) is 0 Å². The van der Waals surface area contributed by atoms with Crippen LogP contribution in [0.25, 0.3) is 17.8 Å². The van der Waals surface area contributed by atoms with Crippen LogP contribution in [0.3, 0.4) is 0 Å². The van der Waals surface area contributed by atoms with E-state index < -0.39 is 0 Å². The van der Waals surface area contributed by atoms with Crippen molar-refractivity contribution in [1.82, 2.24) is 19.7 Å². The van der Waals surface area contributed by atoms with Gasteiger partial charge in [0.25, 0.3) is 0 Å². The van der Waals surface area contributed by atoms with Crippen LogP contribution in [-0.2, 0) is 0 Å². The second-order valence-corrected chi connectivity index (χ2v) is 7.98. The van der Waals surface area contributed by atoms with E-state index in [4.69, 9.17) is 20.8 Å². The van der Waals surface area contributed by atoms with Crippen LogP contribution in [0.2, 0.25) is 0 Å². The number of benzene rings is 2. The zero-order chi connectivity index (χ0) is 23.2. The average Bonchev–Trinajstić information content (AvgIpc) is 3.48. The summed E-state index contributed by atoms with van der Waals surface area (Å²) in [6.07, 6.45) is 8.84. The molecule has 0 saturated carbocycles. The summed E-state index contributed by atoms with van der Waals surface area (Å²) >= 11 is 5.89. The summed E-state index contributed by atoms with van der Waals surface area (Å²) in [7, 11) is 1.64. The van der Waals surface area contributed by atoms with E-state index in [0.717, 1.165) is 41.1 Å². The molecule has 1 unspecified atom stereocenters. The Morgan fingerprint density at radius 2 is 1.97 bits per heavy atom. The van der Waals surface area contributed by atoms with E-state index in [0.29, 0.717) is 17.7 Å². The molecule has 4 aromatic rings. The number of hydrogen-bond acceptors (Lipinski definition) is 5. The molecule has 0 saturated heterocycles. The molecule has 8 heteroatoms. The molecule has 1 atom stereocenters. The first-order chi connectivity index (χ1) is 16.1. The lowest BCUT2D eigenvalue weighted by atomic mass is 9.94. The SMILES string of the molecule is COc1cc(C=Cc2nnc(C(CCCCl)c3ccc(F)cc3)o2)ccc1-n1cnc(C)c1. The van der Waals surface area contributed by atoms with Crippen LogP contribution in [0.1, 0.15) is 47.4 Å². The Labute approximate surface area is 196 Å². The van der Waals surface area contributed by atoms with E-state index in [1.54, 1.807) is 31.6 Å². The second-order valence-electron chi connectivity index (χ2n) is 7.60. The molecule has 0 bridgehead atoms. The number of aryl methyl sites for hydroxylation is 1. The molecule has 2 heterocycles. The van der Waals surface area contributed by atoms with Gasteiger partial charge in [0.15, 0.2) is 0 Å². The first kappa shape index (κ1) is 22.7. The van der Waals surface area contributed by atoms with Crippen molar-refractivity contribution >= 4 is 23.8 Å². The van der Waals surface area contributed by atoms with Gasteiger partial charge in [-0.25, -0.2) is 9.37 Å². The first-order valence-electron chi connectivity index (χ1n) is 10.6. The highest BCUT2D eigenvalue weighted by Crippen LogP contribution is 2.29. The van der Waals surface area contributed by atoms with Gasteiger partial charge in [0.1, 0.15) is 11.6 Å². The molecule has 0 N–H and O–H groups in total. The molecule has 33 heavy (non-hydrogen) atoms. The number of halogens is 2. The van der Waals surface area contributed by atoms with Crippen molar-refractivity contribution in [2.45, 2.75) is 25.7 Å². The third-order valence-electron chi connectivity index (χ3n) is 5.27. The molecule has 6 nitrogen and oxygen atoms in total. The number of aromatic nitrogens is 4. The van der Waals surface area contributed by atoms with Gasteiger partial charge in [-0.05, 0) is 61.2 Å². The minimum Gasteiger partial charge on any atom is -0.495 e. The Morgan fingerprint density at radius 1 is 1.15 bits per heavy atom. The van der Waals surface area contributed by atoms with Gasteiger partial charge in [-0.1, -0.05) is 18.2 Å². The van der Waals surface area contributed by atoms with Gasteiger partial charge in [0, 0.05) is 18.2 Å².